The average molecular weight is 535 g/mol. The molecular formula is C30H34N2O7. The number of ether oxygens (including phenoxy) is 2. The highest BCUT2D eigenvalue weighted by Crippen LogP contribution is 2.26. The summed E-state index contributed by atoms with van der Waals surface area (Å²) in [5, 5.41) is 0.0581. The van der Waals surface area contributed by atoms with Gasteiger partial charge in [-0.15, -0.1) is 0 Å². The van der Waals surface area contributed by atoms with E-state index in [1.807, 2.05) is 27.7 Å². The number of hydrogen-bond donors (Lipinski definition) is 0. The van der Waals surface area contributed by atoms with E-state index in [4.69, 9.17) is 13.9 Å². The van der Waals surface area contributed by atoms with E-state index >= 15 is 0 Å². The van der Waals surface area contributed by atoms with E-state index in [1.165, 1.54) is 12.1 Å². The van der Waals surface area contributed by atoms with Crippen LogP contribution in [0.1, 0.15) is 48.4 Å². The highest BCUT2D eigenvalue weighted by molar-refractivity contribution is 6.06. The van der Waals surface area contributed by atoms with Crippen LogP contribution in [0.5, 0.6) is 0 Å². The number of carbonyl (C=O) groups excluding carboxylic acids is 2. The molecule has 0 N–H and O–H groups in total. The van der Waals surface area contributed by atoms with E-state index in [2.05, 4.69) is 9.80 Å². The van der Waals surface area contributed by atoms with Gasteiger partial charge in [0.15, 0.2) is 11.6 Å². The van der Waals surface area contributed by atoms with Gasteiger partial charge in [-0.05, 0) is 64.1 Å². The number of carbonyl (C=O) groups is 2. The summed E-state index contributed by atoms with van der Waals surface area (Å²) >= 11 is 0. The minimum absolute atomic E-state index is 0.0290. The molecule has 0 amide bonds. The van der Waals surface area contributed by atoms with Crippen LogP contribution in [0.15, 0.2) is 50.4 Å². The number of fused-ring (bicyclic) bond motifs is 2. The zero-order chi connectivity index (χ0) is 27.9. The number of benzene rings is 2. The topological polar surface area (TPSA) is 106 Å². The predicted molar refractivity (Wildman–Crippen MR) is 148 cm³/mol. The fraction of sp³-hybridized carbons (Fsp3) is 0.467. The van der Waals surface area contributed by atoms with Gasteiger partial charge in [-0.2, -0.15) is 0 Å². The first kappa shape index (κ1) is 27.3. The SMILES string of the molecule is CC(C)(C(=O)c1ccc2oc3ccc(C(=O)C(C)(C)N4CCOCC4)cc3c(=O)c(=O)c2c1)N1CCOCC1. The van der Waals surface area contributed by atoms with E-state index < -0.39 is 21.9 Å². The molecule has 0 unspecified atom stereocenters. The van der Waals surface area contributed by atoms with Crippen LogP contribution in [0, 0.1) is 0 Å². The van der Waals surface area contributed by atoms with Gasteiger partial charge in [-0.25, -0.2) is 0 Å². The first-order valence-corrected chi connectivity index (χ1v) is 13.3. The van der Waals surface area contributed by atoms with Crippen molar-refractivity contribution in [1.29, 1.82) is 0 Å². The van der Waals surface area contributed by atoms with E-state index in [0.29, 0.717) is 63.7 Å². The number of rotatable bonds is 6. The quantitative estimate of drug-likeness (QED) is 0.349. The fourth-order valence-corrected chi connectivity index (χ4v) is 5.48. The van der Waals surface area contributed by atoms with Gasteiger partial charge in [-0.1, -0.05) is 0 Å². The van der Waals surface area contributed by atoms with E-state index in [0.717, 1.165) is 0 Å². The van der Waals surface area contributed by atoms with Crippen LogP contribution in [-0.4, -0.2) is 85.1 Å². The first-order valence-electron chi connectivity index (χ1n) is 13.3. The van der Waals surface area contributed by atoms with Gasteiger partial charge in [0.2, 0.25) is 10.9 Å². The molecule has 2 aliphatic heterocycles. The molecule has 3 heterocycles. The summed E-state index contributed by atoms with van der Waals surface area (Å²) < 4.78 is 16.8. The molecule has 1 aromatic heterocycles. The van der Waals surface area contributed by atoms with Crippen LogP contribution in [0.2, 0.25) is 0 Å². The minimum atomic E-state index is -0.817. The summed E-state index contributed by atoms with van der Waals surface area (Å²) in [6.45, 7) is 12.1. The van der Waals surface area contributed by atoms with Crippen LogP contribution < -0.4 is 10.9 Å². The van der Waals surface area contributed by atoms with Crippen molar-refractivity contribution in [2.45, 2.75) is 38.8 Å². The Morgan fingerprint density at radius 2 is 1.00 bits per heavy atom. The molecule has 9 heteroatoms. The fourth-order valence-electron chi connectivity index (χ4n) is 5.48. The molecule has 206 valence electrons. The lowest BCUT2D eigenvalue weighted by Gasteiger charge is -2.39. The normalized spacial score (nSPS) is 17.9. The van der Waals surface area contributed by atoms with Crippen molar-refractivity contribution in [2.75, 3.05) is 52.6 Å². The number of nitrogens with zero attached hydrogens (tertiary/aromatic N) is 2. The predicted octanol–water partition coefficient (Wildman–Crippen LogP) is 2.89. The maximum absolute atomic E-state index is 13.5. The van der Waals surface area contributed by atoms with Gasteiger partial charge in [0.05, 0.1) is 48.3 Å². The van der Waals surface area contributed by atoms with Crippen molar-refractivity contribution in [3.05, 3.63) is 68.0 Å². The molecule has 0 spiro atoms. The third kappa shape index (κ3) is 4.96. The minimum Gasteiger partial charge on any atom is -0.456 e. The monoisotopic (exact) mass is 534 g/mol. The van der Waals surface area contributed by atoms with Crippen molar-refractivity contribution >= 4 is 33.5 Å². The van der Waals surface area contributed by atoms with Gasteiger partial charge < -0.3 is 13.9 Å². The molecule has 5 rings (SSSR count). The van der Waals surface area contributed by atoms with Crippen molar-refractivity contribution in [3.8, 4) is 0 Å². The molecule has 0 radical (unpaired) electrons. The largest absolute Gasteiger partial charge is 0.456 e. The second-order valence-corrected chi connectivity index (χ2v) is 11.2. The van der Waals surface area contributed by atoms with E-state index in [9.17, 15) is 19.2 Å². The maximum atomic E-state index is 13.5. The van der Waals surface area contributed by atoms with Gasteiger partial charge in [0.1, 0.15) is 11.2 Å². The lowest BCUT2D eigenvalue weighted by Crippen LogP contribution is -2.54. The molecule has 39 heavy (non-hydrogen) atoms. The molecule has 9 nitrogen and oxygen atoms in total. The molecular weight excluding hydrogens is 500 g/mol. The zero-order valence-electron chi connectivity index (χ0n) is 22.9. The summed E-state index contributed by atoms with van der Waals surface area (Å²) in [7, 11) is 0. The molecule has 2 fully saturated rings. The smallest absolute Gasteiger partial charge is 0.237 e. The Labute approximate surface area is 226 Å². The number of hydrogen-bond acceptors (Lipinski definition) is 9. The highest BCUT2D eigenvalue weighted by Gasteiger charge is 2.37. The summed E-state index contributed by atoms with van der Waals surface area (Å²) in [6.07, 6.45) is 0. The Morgan fingerprint density at radius 3 is 1.36 bits per heavy atom. The van der Waals surface area contributed by atoms with Crippen molar-refractivity contribution in [2.24, 2.45) is 0 Å². The summed E-state index contributed by atoms with van der Waals surface area (Å²) in [4.78, 5) is 57.9. The average Bonchev–Trinajstić information content (AvgIpc) is 3.06. The second kappa shape index (κ2) is 10.4. The number of Topliss-reactive ketones (excluding diaryl/α,β-unsaturated/α-hetero) is 2. The van der Waals surface area contributed by atoms with E-state index in [1.54, 1.807) is 24.3 Å². The lowest BCUT2D eigenvalue weighted by atomic mass is 9.90. The molecule has 2 saturated heterocycles. The van der Waals surface area contributed by atoms with E-state index in [-0.39, 0.29) is 33.5 Å². The molecule has 2 aromatic carbocycles. The van der Waals surface area contributed by atoms with Crippen LogP contribution >= 0.6 is 0 Å². The second-order valence-electron chi connectivity index (χ2n) is 11.2. The molecule has 3 aromatic rings. The molecule has 0 atom stereocenters. The van der Waals surface area contributed by atoms with Crippen LogP contribution in [0.4, 0.5) is 0 Å². The highest BCUT2D eigenvalue weighted by atomic mass is 16.5. The Hall–Kier alpha value is -3.24. The van der Waals surface area contributed by atoms with Gasteiger partial charge in [0, 0.05) is 37.3 Å². The Bertz CT molecular complexity index is 1450. The van der Waals surface area contributed by atoms with Crippen molar-refractivity contribution in [1.82, 2.24) is 9.80 Å². The molecule has 0 bridgehead atoms. The van der Waals surface area contributed by atoms with Crippen molar-refractivity contribution < 1.29 is 23.5 Å². The Kier molecular flexibility index (Phi) is 7.28. The number of ketones is 2. The number of morpholine rings is 2. The third-order valence-corrected chi connectivity index (χ3v) is 8.11. The standard InChI is InChI=1S/C30H34N2O7/c1-29(2,31-9-13-37-14-10-31)27(35)19-5-7-23-21(17-19)25(33)26(34)22-18-20(6-8-24(22)39-23)28(36)30(3,4)32-11-15-38-16-12-32/h5-8,17-18H,9-16H2,1-4H3. The third-order valence-electron chi connectivity index (χ3n) is 8.11. The summed E-state index contributed by atoms with van der Waals surface area (Å²) in [6, 6.07) is 9.24. The maximum Gasteiger partial charge on any atom is 0.237 e. The van der Waals surface area contributed by atoms with Gasteiger partial charge in [0.25, 0.3) is 0 Å². The van der Waals surface area contributed by atoms with Crippen LogP contribution in [0.25, 0.3) is 21.9 Å². The van der Waals surface area contributed by atoms with Crippen LogP contribution in [0.3, 0.4) is 0 Å². The van der Waals surface area contributed by atoms with Crippen molar-refractivity contribution in [3.63, 3.8) is 0 Å². The summed E-state index contributed by atoms with van der Waals surface area (Å²) in [5.74, 6) is -0.320. The Balaban J connectivity index is 1.56. The Morgan fingerprint density at radius 1 is 0.641 bits per heavy atom. The zero-order valence-corrected chi connectivity index (χ0v) is 22.9. The molecule has 0 aliphatic carbocycles. The first-order chi connectivity index (χ1) is 18.5. The summed E-state index contributed by atoms with van der Waals surface area (Å²) in [5.41, 5.74) is -2.15. The van der Waals surface area contributed by atoms with Gasteiger partial charge >= 0.3 is 0 Å². The van der Waals surface area contributed by atoms with Gasteiger partial charge in [-0.3, -0.25) is 29.0 Å². The molecule has 2 aliphatic rings. The lowest BCUT2D eigenvalue weighted by molar-refractivity contribution is -0.00442. The molecule has 0 saturated carbocycles. The van der Waals surface area contributed by atoms with Crippen LogP contribution in [-0.2, 0) is 9.47 Å².